The van der Waals surface area contributed by atoms with Gasteiger partial charge in [0.15, 0.2) is 52.4 Å². The Labute approximate surface area is 856 Å². The summed E-state index contributed by atoms with van der Waals surface area (Å²) < 4.78 is 7.42. The third-order valence-corrected chi connectivity index (χ3v) is 30.2. The molecule has 698 valence electrons. The van der Waals surface area contributed by atoms with Gasteiger partial charge in [0.25, 0.3) is 0 Å². The molecule has 6 aromatic heterocycles. The van der Waals surface area contributed by atoms with E-state index in [9.17, 15) is 0 Å². The molecule has 3 aliphatic rings. The number of hydrogen-bond acceptors (Lipinski definition) is 9. The van der Waals surface area contributed by atoms with Crippen LogP contribution in [0.4, 0.5) is 0 Å². The van der Waals surface area contributed by atoms with Crippen molar-refractivity contribution in [1.82, 2.24) is 58.6 Å². The van der Waals surface area contributed by atoms with Crippen molar-refractivity contribution in [3.63, 3.8) is 0 Å². The van der Waals surface area contributed by atoms with Gasteiger partial charge in [-0.3, -0.25) is 0 Å². The van der Waals surface area contributed by atoms with Gasteiger partial charge in [-0.1, -0.05) is 471 Å². The highest BCUT2D eigenvalue weighted by Crippen LogP contribution is 2.57. The molecule has 9 heterocycles. The van der Waals surface area contributed by atoms with E-state index in [1.165, 1.54) is 138 Å². The molecule has 0 fully saturated rings. The van der Waals surface area contributed by atoms with Gasteiger partial charge in [-0.25, -0.2) is 44.9 Å². The average Bonchev–Trinajstić information content (AvgIpc) is 1.47. The first-order valence-electron chi connectivity index (χ1n) is 50.5. The molecule has 0 unspecified atom stereocenters. The maximum absolute atomic E-state index is 4.95. The lowest BCUT2D eigenvalue weighted by Gasteiger charge is -2.41. The second-order valence-corrected chi connectivity index (χ2v) is 39.4. The number of nitrogens with zero attached hydrogens (tertiary/aromatic N) is 12. The van der Waals surface area contributed by atoms with Crippen molar-refractivity contribution in [2.24, 2.45) is 0 Å². The third kappa shape index (κ3) is 14.8. The molecule has 0 spiro atoms. The zero-order chi connectivity index (χ0) is 98.7. The van der Waals surface area contributed by atoms with Crippen molar-refractivity contribution in [2.45, 2.75) is 43.9 Å². The Bertz CT molecular complexity index is 9440. The summed E-state index contributed by atoms with van der Waals surface area (Å²) in [5.74, 6) is 5.92. The molecule has 29 rings (SSSR count). The van der Waals surface area contributed by atoms with Crippen LogP contribution in [0.15, 0.2) is 497 Å². The Morgan fingerprint density at radius 2 is 0.405 bits per heavy atom. The molecule has 12 nitrogen and oxygen atoms in total. The second kappa shape index (κ2) is 35.7. The van der Waals surface area contributed by atoms with Gasteiger partial charge in [-0.2, -0.15) is 0 Å². The largest absolute Gasteiger partial charge is 0.309 e. The topological polar surface area (TPSA) is 131 Å². The van der Waals surface area contributed by atoms with Gasteiger partial charge in [0.1, 0.15) is 0 Å². The minimum Gasteiger partial charge on any atom is -0.309 e. The molecule has 0 saturated heterocycles. The highest BCUT2D eigenvalue weighted by Gasteiger charge is 2.46. The molecular formula is C136H94N12. The summed E-state index contributed by atoms with van der Waals surface area (Å²) in [7, 11) is 0. The first-order chi connectivity index (χ1) is 72.9. The molecule has 0 saturated carbocycles. The number of rotatable bonds is 14. The lowest BCUT2D eigenvalue weighted by Crippen LogP contribution is -2.35. The summed E-state index contributed by atoms with van der Waals surface area (Å²) in [6, 6.07) is 176. The van der Waals surface area contributed by atoms with Crippen molar-refractivity contribution in [2.75, 3.05) is 0 Å². The van der Waals surface area contributed by atoms with E-state index < -0.39 is 5.41 Å². The number of aromatic nitrogens is 12. The summed E-state index contributed by atoms with van der Waals surface area (Å²) in [5.41, 5.74) is 36.6. The molecule has 0 bridgehead atoms. The van der Waals surface area contributed by atoms with E-state index in [0.717, 1.165) is 72.3 Å². The zero-order valence-corrected chi connectivity index (χ0v) is 81.7. The summed E-state index contributed by atoms with van der Waals surface area (Å²) in [4.78, 5) is 44.1. The van der Waals surface area contributed by atoms with Crippen molar-refractivity contribution in [3.8, 4) is 153 Å². The molecule has 148 heavy (non-hydrogen) atoms. The SMILES string of the molecule is CC1(C)c2ccccc2-n2c3cc(-c4ccc(-c5nc(-c6ccccc6)nc(-c6ccccc6)n5)cc4)ccc3c3cccc1c32.CC1(C)c2ccccc2-n2c3ccccc3c3cc(-c4ccc(-c5nc(-c6ccccc6)nc(-c6ccccc6)n5)cc4)cc1c32.c1ccc(-c2nc(-c3ccccc3)nc(-c3ccc(-c4ccc5c(c4)c4cccc6c4n5-c4ccccc4C6(c4ccccc4)c4ccccc4)cc3)n2)cc1. The van der Waals surface area contributed by atoms with Crippen LogP contribution in [0.5, 0.6) is 0 Å². The lowest BCUT2D eigenvalue weighted by molar-refractivity contribution is 0.630. The smallest absolute Gasteiger partial charge is 0.164 e. The van der Waals surface area contributed by atoms with E-state index >= 15 is 0 Å². The van der Waals surface area contributed by atoms with E-state index in [0.29, 0.717) is 52.4 Å². The quantitative estimate of drug-likeness (QED) is 0.104. The van der Waals surface area contributed by atoms with E-state index in [1.807, 2.05) is 182 Å². The molecular weight excluding hydrogens is 1800 g/mol. The highest BCUT2D eigenvalue weighted by molar-refractivity contribution is 6.16. The molecule has 26 aromatic rings. The average molecular weight is 1900 g/mol. The van der Waals surface area contributed by atoms with E-state index in [1.54, 1.807) is 0 Å². The number of benzene rings is 20. The Morgan fingerprint density at radius 3 is 0.824 bits per heavy atom. The summed E-state index contributed by atoms with van der Waals surface area (Å²) >= 11 is 0. The number of fused-ring (bicyclic) bond motifs is 15. The summed E-state index contributed by atoms with van der Waals surface area (Å²) in [6.07, 6.45) is 0. The van der Waals surface area contributed by atoms with Crippen molar-refractivity contribution in [3.05, 3.63) is 542 Å². The van der Waals surface area contributed by atoms with Gasteiger partial charge >= 0.3 is 0 Å². The van der Waals surface area contributed by atoms with Crippen LogP contribution in [-0.4, -0.2) is 58.6 Å². The normalized spacial score (nSPS) is 13.0. The van der Waals surface area contributed by atoms with Gasteiger partial charge in [0.05, 0.1) is 55.6 Å². The van der Waals surface area contributed by atoms with Crippen LogP contribution in [0.1, 0.15) is 72.2 Å². The van der Waals surface area contributed by atoms with Gasteiger partial charge in [0.2, 0.25) is 0 Å². The van der Waals surface area contributed by atoms with Gasteiger partial charge in [-0.05, 0) is 132 Å². The van der Waals surface area contributed by atoms with E-state index in [2.05, 4.69) is 357 Å². The Kier molecular flexibility index (Phi) is 21.2. The molecule has 0 radical (unpaired) electrons. The molecule has 0 N–H and O–H groups in total. The molecule has 12 heteroatoms. The first kappa shape index (κ1) is 87.8. The fraction of sp³-hybridized carbons (Fsp3) is 0.0515. The summed E-state index contributed by atoms with van der Waals surface area (Å²) in [5, 5.41) is 7.61. The fourth-order valence-electron chi connectivity index (χ4n) is 23.0. The van der Waals surface area contributed by atoms with Crippen LogP contribution >= 0.6 is 0 Å². The molecule has 0 atom stereocenters. The van der Waals surface area contributed by atoms with E-state index in [-0.39, 0.29) is 10.8 Å². The maximum Gasteiger partial charge on any atom is 0.164 e. The second-order valence-electron chi connectivity index (χ2n) is 39.4. The van der Waals surface area contributed by atoms with Crippen LogP contribution in [0.2, 0.25) is 0 Å². The van der Waals surface area contributed by atoms with Crippen LogP contribution in [0, 0.1) is 0 Å². The molecule has 3 aliphatic heterocycles. The van der Waals surface area contributed by atoms with Crippen LogP contribution < -0.4 is 0 Å². The molecule has 20 aromatic carbocycles. The van der Waals surface area contributed by atoms with Gasteiger partial charge in [-0.15, -0.1) is 0 Å². The van der Waals surface area contributed by atoms with Crippen molar-refractivity contribution < 1.29 is 0 Å². The minimum absolute atomic E-state index is 0.0745. The van der Waals surface area contributed by atoms with E-state index in [4.69, 9.17) is 44.9 Å². The van der Waals surface area contributed by atoms with Crippen LogP contribution in [-0.2, 0) is 16.2 Å². The van der Waals surface area contributed by atoms with Crippen molar-refractivity contribution in [1.29, 1.82) is 0 Å². The summed E-state index contributed by atoms with van der Waals surface area (Å²) in [6.45, 7) is 9.38. The molecule has 0 aliphatic carbocycles. The third-order valence-electron chi connectivity index (χ3n) is 30.2. The lowest BCUT2D eigenvalue weighted by atomic mass is 9.63. The monoisotopic (exact) mass is 1890 g/mol. The Morgan fingerprint density at radius 1 is 0.149 bits per heavy atom. The predicted octanol–water partition coefficient (Wildman–Crippen LogP) is 32.9. The number of hydrogen-bond donors (Lipinski definition) is 0. The standard InChI is InChI=1S/C52H34N4.2C42H30N4/c1-5-16-36(17-6-1)49-53-50(37-18-7-2-8-19-37)55-51(54-49)38-30-28-35(29-31-38)39-32-33-46-43(34-39)42-24-15-26-45-48(42)56(46)47-27-14-13-25-44(47)52(45,40-20-9-3-10-21-40)41-22-11-4-12-23-41;1-42(2)34-18-10-12-20-37(34)46-36-19-11-9-17-32(36)33-25-31(26-35(42)38(33)46)27-21-23-30(24-22-27)41-44-39(28-13-5-3-6-14-28)43-40(45-41)29-15-7-4-8-16-29;1-42(2)34-17-9-10-19-36(34)46-37-26-31(24-25-32(37)33-16-11-18-35(42)38(33)46)27-20-22-30(23-21-27)41-44-39(28-12-5-3-6-13-28)43-40(45-41)29-14-7-4-8-15-29/h1-34H;2*3-26H,1-2H3. The maximum atomic E-state index is 4.95. The first-order valence-corrected chi connectivity index (χ1v) is 50.5. The molecule has 0 amide bonds. The predicted molar refractivity (Wildman–Crippen MR) is 604 cm³/mol. The van der Waals surface area contributed by atoms with Crippen LogP contribution in [0.3, 0.4) is 0 Å². The zero-order valence-electron chi connectivity index (χ0n) is 81.7. The Hall–Kier alpha value is -19.2. The van der Waals surface area contributed by atoms with Crippen LogP contribution in [0.25, 0.3) is 218 Å². The van der Waals surface area contributed by atoms with Crippen molar-refractivity contribution >= 4 is 65.4 Å². The fourth-order valence-corrected chi connectivity index (χ4v) is 23.0. The van der Waals surface area contributed by atoms with Gasteiger partial charge in [0, 0.05) is 93.2 Å². The highest BCUT2D eigenvalue weighted by atomic mass is 15.1. The Balaban J connectivity index is 0.000000110. The number of para-hydroxylation sites is 6. The minimum atomic E-state index is -0.489. The van der Waals surface area contributed by atoms with Gasteiger partial charge < -0.3 is 13.7 Å².